The molecule has 2 fully saturated rings. The molecule has 0 bridgehead atoms. The first-order valence-electron chi connectivity index (χ1n) is 12.8. The van der Waals surface area contributed by atoms with E-state index in [0.717, 1.165) is 30.7 Å². The first kappa shape index (κ1) is 25.8. The second-order valence-corrected chi connectivity index (χ2v) is 10.1. The summed E-state index contributed by atoms with van der Waals surface area (Å²) in [5.74, 6) is -0.910. The maximum atomic E-state index is 13.9. The molecular formula is C30H23F4N3O3. The monoisotopic (exact) mass is 549 g/mol. The number of hydrogen-bond acceptors (Lipinski definition) is 5. The number of benzene rings is 2. The third kappa shape index (κ3) is 5.09. The summed E-state index contributed by atoms with van der Waals surface area (Å²) < 4.78 is 60.5. The van der Waals surface area contributed by atoms with E-state index < -0.39 is 23.5 Å². The van der Waals surface area contributed by atoms with Gasteiger partial charge in [0.2, 0.25) is 0 Å². The molecule has 0 spiro atoms. The van der Waals surface area contributed by atoms with Crippen molar-refractivity contribution in [1.82, 2.24) is 10.1 Å². The van der Waals surface area contributed by atoms with Gasteiger partial charge in [0.05, 0.1) is 28.7 Å². The van der Waals surface area contributed by atoms with E-state index in [1.54, 1.807) is 18.3 Å². The first-order valence-corrected chi connectivity index (χ1v) is 12.8. The Hall–Kier alpha value is -4.47. The van der Waals surface area contributed by atoms with Crippen LogP contribution in [0.25, 0.3) is 28.6 Å². The van der Waals surface area contributed by atoms with E-state index in [4.69, 9.17) is 4.52 Å². The predicted octanol–water partition coefficient (Wildman–Crippen LogP) is 7.29. The fraction of sp³-hybridized carbons (Fsp3) is 0.233. The van der Waals surface area contributed by atoms with Crippen LogP contribution >= 0.6 is 0 Å². The van der Waals surface area contributed by atoms with Gasteiger partial charge >= 0.3 is 12.1 Å². The first-order chi connectivity index (χ1) is 19.2. The summed E-state index contributed by atoms with van der Waals surface area (Å²) in [5, 5.41) is 13.2. The highest BCUT2D eigenvalue weighted by Gasteiger charge is 2.37. The number of nitrogens with zero attached hydrogens (tertiary/aromatic N) is 3. The minimum atomic E-state index is -4.51. The third-order valence-electron chi connectivity index (χ3n) is 7.19. The number of rotatable bonds is 7. The van der Waals surface area contributed by atoms with Crippen LogP contribution in [-0.4, -0.2) is 34.3 Å². The van der Waals surface area contributed by atoms with Crippen LogP contribution in [0.15, 0.2) is 71.4 Å². The Morgan fingerprint density at radius 2 is 1.85 bits per heavy atom. The number of aromatic nitrogens is 2. The number of carbonyl (C=O) groups is 1. The van der Waals surface area contributed by atoms with Crippen LogP contribution in [0.1, 0.15) is 46.0 Å². The van der Waals surface area contributed by atoms with Crippen molar-refractivity contribution in [3.8, 4) is 22.5 Å². The number of carboxylic acid groups (broad SMARTS) is 1. The number of pyridine rings is 1. The van der Waals surface area contributed by atoms with Crippen molar-refractivity contribution in [1.29, 1.82) is 0 Å². The number of hydrogen-bond donors (Lipinski definition) is 1. The molecule has 0 amide bonds. The molecule has 1 saturated heterocycles. The Balaban J connectivity index is 1.18. The Morgan fingerprint density at radius 1 is 1.07 bits per heavy atom. The summed E-state index contributed by atoms with van der Waals surface area (Å²) >= 11 is 0. The lowest BCUT2D eigenvalue weighted by Crippen LogP contribution is -2.45. The molecule has 6 nitrogen and oxygen atoms in total. The van der Waals surface area contributed by atoms with Crippen LogP contribution in [0.3, 0.4) is 0 Å². The van der Waals surface area contributed by atoms with E-state index >= 15 is 0 Å². The van der Waals surface area contributed by atoms with Gasteiger partial charge in [-0.25, -0.2) is 9.18 Å². The fourth-order valence-corrected chi connectivity index (χ4v) is 4.92. The zero-order valence-corrected chi connectivity index (χ0v) is 21.0. The normalized spacial score (nSPS) is 15.9. The van der Waals surface area contributed by atoms with Crippen molar-refractivity contribution in [2.24, 2.45) is 5.92 Å². The van der Waals surface area contributed by atoms with Crippen molar-refractivity contribution in [2.75, 3.05) is 18.0 Å². The van der Waals surface area contributed by atoms with Gasteiger partial charge in [0.15, 0.2) is 0 Å². The molecule has 0 atom stereocenters. The molecule has 1 aliphatic carbocycles. The SMILES string of the molecule is O=C(O)c1cc(F)cc(-c2ccc(N3CC(/C=C/c4c(-c5ccccc5C(F)(F)F)noc4C4CC4)C3)cn2)c1. The summed E-state index contributed by atoms with van der Waals surface area (Å²) in [7, 11) is 0. The maximum Gasteiger partial charge on any atom is 0.417 e. The fourth-order valence-electron chi connectivity index (χ4n) is 4.92. The van der Waals surface area contributed by atoms with Crippen molar-refractivity contribution in [2.45, 2.75) is 24.9 Å². The van der Waals surface area contributed by atoms with Gasteiger partial charge in [-0.2, -0.15) is 13.2 Å². The summed E-state index contributed by atoms with van der Waals surface area (Å²) in [6.45, 7) is 1.36. The molecule has 40 heavy (non-hydrogen) atoms. The van der Waals surface area contributed by atoms with E-state index in [1.165, 1.54) is 24.3 Å². The Kier molecular flexibility index (Phi) is 6.40. The Bertz CT molecular complexity index is 1600. The van der Waals surface area contributed by atoms with Crippen molar-refractivity contribution < 1.29 is 32.0 Å². The molecule has 0 unspecified atom stereocenters. The molecular weight excluding hydrogens is 526 g/mol. The van der Waals surface area contributed by atoms with Crippen LogP contribution in [0.2, 0.25) is 0 Å². The molecule has 2 aliphatic rings. The second-order valence-electron chi connectivity index (χ2n) is 10.1. The summed E-state index contributed by atoms with van der Waals surface area (Å²) in [4.78, 5) is 17.7. The van der Waals surface area contributed by atoms with E-state index in [9.17, 15) is 27.5 Å². The van der Waals surface area contributed by atoms with Gasteiger partial charge < -0.3 is 14.5 Å². The van der Waals surface area contributed by atoms with E-state index in [-0.39, 0.29) is 28.7 Å². The minimum Gasteiger partial charge on any atom is -0.478 e. The molecule has 10 heteroatoms. The molecule has 3 heterocycles. The van der Waals surface area contributed by atoms with Crippen LogP contribution in [0, 0.1) is 11.7 Å². The molecule has 2 aromatic carbocycles. The highest BCUT2D eigenvalue weighted by atomic mass is 19.4. The topological polar surface area (TPSA) is 79.5 Å². The summed E-state index contributed by atoms with van der Waals surface area (Å²) in [6.07, 6.45) is 2.80. The molecule has 4 aromatic rings. The van der Waals surface area contributed by atoms with E-state index in [2.05, 4.69) is 15.0 Å². The van der Waals surface area contributed by atoms with Crippen molar-refractivity contribution >= 4 is 17.7 Å². The smallest absolute Gasteiger partial charge is 0.417 e. The van der Waals surface area contributed by atoms with Gasteiger partial charge in [0, 0.05) is 41.6 Å². The molecule has 204 valence electrons. The van der Waals surface area contributed by atoms with Gasteiger partial charge in [0.25, 0.3) is 0 Å². The largest absolute Gasteiger partial charge is 0.478 e. The number of alkyl halides is 3. The predicted molar refractivity (Wildman–Crippen MR) is 140 cm³/mol. The highest BCUT2D eigenvalue weighted by Crippen LogP contribution is 2.46. The number of halogens is 4. The van der Waals surface area contributed by atoms with Crippen molar-refractivity contribution in [3.63, 3.8) is 0 Å². The van der Waals surface area contributed by atoms with Gasteiger partial charge in [0.1, 0.15) is 17.3 Å². The number of aromatic carboxylic acids is 1. The molecule has 1 aliphatic heterocycles. The second kappa shape index (κ2) is 9.93. The van der Waals surface area contributed by atoms with Gasteiger partial charge in [-0.15, -0.1) is 0 Å². The zero-order valence-electron chi connectivity index (χ0n) is 21.0. The van der Waals surface area contributed by atoms with E-state index in [1.807, 2.05) is 18.2 Å². The van der Waals surface area contributed by atoms with Crippen LogP contribution < -0.4 is 4.90 Å². The van der Waals surface area contributed by atoms with Gasteiger partial charge in [-0.1, -0.05) is 35.5 Å². The number of anilines is 1. The van der Waals surface area contributed by atoms with Gasteiger partial charge in [-0.05, 0) is 49.2 Å². The average Bonchev–Trinajstić information content (AvgIpc) is 3.66. The maximum absolute atomic E-state index is 13.9. The average molecular weight is 550 g/mol. The summed E-state index contributed by atoms with van der Waals surface area (Å²) in [6, 6.07) is 12.5. The van der Waals surface area contributed by atoms with Crippen LogP contribution in [0.4, 0.5) is 23.2 Å². The number of carboxylic acids is 1. The van der Waals surface area contributed by atoms with Crippen LogP contribution in [-0.2, 0) is 6.18 Å². The Morgan fingerprint density at radius 3 is 2.52 bits per heavy atom. The molecule has 6 rings (SSSR count). The molecule has 1 N–H and O–H groups in total. The molecule has 2 aromatic heterocycles. The Labute approximate surface area is 226 Å². The van der Waals surface area contributed by atoms with Crippen LogP contribution in [0.5, 0.6) is 0 Å². The lowest BCUT2D eigenvalue weighted by atomic mass is 9.95. The van der Waals surface area contributed by atoms with Crippen molar-refractivity contribution in [3.05, 3.63) is 95.1 Å². The highest BCUT2D eigenvalue weighted by molar-refractivity contribution is 5.89. The van der Waals surface area contributed by atoms with Gasteiger partial charge in [-0.3, -0.25) is 4.98 Å². The zero-order chi connectivity index (χ0) is 28.0. The third-order valence-corrected chi connectivity index (χ3v) is 7.19. The minimum absolute atomic E-state index is 0.000438. The lowest BCUT2D eigenvalue weighted by molar-refractivity contribution is -0.137. The molecule has 0 radical (unpaired) electrons. The van der Waals surface area contributed by atoms with E-state index in [0.29, 0.717) is 35.7 Å². The quantitative estimate of drug-likeness (QED) is 0.244. The summed E-state index contributed by atoms with van der Waals surface area (Å²) in [5.41, 5.74) is 1.58. The molecule has 1 saturated carbocycles. The standard InChI is InChI=1S/C30H23F4N3O3/c31-21-12-19(11-20(13-21)29(38)39)26-10-8-22(14-35-26)37-15-17(16-37)5-9-24-27(36-40-28(24)18-6-7-18)23-3-1-2-4-25(23)30(32,33)34/h1-5,8-14,17-18H,6-7,15-16H2,(H,38,39)/b9-5+. The lowest BCUT2D eigenvalue weighted by Gasteiger charge is -2.39.